The van der Waals surface area contributed by atoms with Crippen LogP contribution in [0.4, 0.5) is 10.5 Å². The van der Waals surface area contributed by atoms with Gasteiger partial charge in [0.1, 0.15) is 0 Å². The Morgan fingerprint density at radius 1 is 1.24 bits per heavy atom. The number of aliphatic imine (C=N–C) groups is 1. The molecule has 9 heteroatoms. The molecule has 1 saturated heterocycles. The van der Waals surface area contributed by atoms with Gasteiger partial charge < -0.3 is 14.5 Å². The number of rotatable bonds is 4. The number of methoxy groups -OCH3 is 1. The van der Waals surface area contributed by atoms with Crippen molar-refractivity contribution in [2.24, 2.45) is 4.99 Å². The minimum absolute atomic E-state index is 0.0225. The molecule has 2 unspecified atom stereocenters. The molecule has 1 aromatic carbocycles. The summed E-state index contributed by atoms with van der Waals surface area (Å²) in [7, 11) is 2.90. The van der Waals surface area contributed by atoms with Gasteiger partial charge in [0.25, 0.3) is 5.91 Å². The summed E-state index contributed by atoms with van der Waals surface area (Å²) in [6.07, 6.45) is 1.22. The fourth-order valence-corrected chi connectivity index (χ4v) is 3.95. The summed E-state index contributed by atoms with van der Waals surface area (Å²) in [5, 5.41) is 0. The van der Waals surface area contributed by atoms with E-state index in [4.69, 9.17) is 4.99 Å². The number of urea groups is 1. The van der Waals surface area contributed by atoms with Gasteiger partial charge in [-0.1, -0.05) is 12.1 Å². The van der Waals surface area contributed by atoms with Crippen molar-refractivity contribution in [2.75, 3.05) is 25.6 Å². The maximum atomic E-state index is 13.2. The zero-order valence-electron chi connectivity index (χ0n) is 16.8. The first-order valence-electron chi connectivity index (χ1n) is 9.40. The average molecular weight is 397 g/mol. The molecule has 152 valence electrons. The second-order valence-corrected chi connectivity index (χ2v) is 7.35. The van der Waals surface area contributed by atoms with Crippen molar-refractivity contribution >= 4 is 29.6 Å². The molecule has 0 saturated carbocycles. The highest BCUT2D eigenvalue weighted by atomic mass is 16.5. The van der Waals surface area contributed by atoms with Crippen LogP contribution in [0.3, 0.4) is 0 Å². The Bertz CT molecular complexity index is 956. The number of ether oxygens (including phenoxy) is 1. The van der Waals surface area contributed by atoms with Crippen LogP contribution in [0.2, 0.25) is 0 Å². The van der Waals surface area contributed by atoms with Crippen LogP contribution in [0, 0.1) is 6.92 Å². The number of hydrogen-bond acceptors (Lipinski definition) is 7. The van der Waals surface area contributed by atoms with Gasteiger partial charge in [0, 0.05) is 31.2 Å². The highest BCUT2D eigenvalue weighted by Gasteiger charge is 2.54. The van der Waals surface area contributed by atoms with Crippen molar-refractivity contribution in [1.82, 2.24) is 14.7 Å². The second kappa shape index (κ2) is 6.91. The predicted molar refractivity (Wildman–Crippen MR) is 106 cm³/mol. The van der Waals surface area contributed by atoms with E-state index < -0.39 is 24.2 Å². The van der Waals surface area contributed by atoms with Gasteiger partial charge in [0.15, 0.2) is 12.2 Å². The lowest BCUT2D eigenvalue weighted by Gasteiger charge is -2.40. The lowest BCUT2D eigenvalue weighted by Crippen LogP contribution is -2.64. The van der Waals surface area contributed by atoms with Gasteiger partial charge in [-0.05, 0) is 31.5 Å². The summed E-state index contributed by atoms with van der Waals surface area (Å²) in [6.45, 7) is 3.95. The minimum atomic E-state index is -0.657. The third-order valence-corrected chi connectivity index (χ3v) is 5.41. The molecule has 29 heavy (non-hydrogen) atoms. The number of anilines is 1. The molecule has 3 aliphatic heterocycles. The number of esters is 1. The monoisotopic (exact) mass is 397 g/mol. The minimum Gasteiger partial charge on any atom is -0.469 e. The van der Waals surface area contributed by atoms with Gasteiger partial charge in [-0.3, -0.25) is 19.4 Å². The third-order valence-electron chi connectivity index (χ3n) is 5.41. The smallest absolute Gasteiger partial charge is 0.328 e. The number of aryl methyl sites for hydroxylation is 1. The Kier molecular flexibility index (Phi) is 4.52. The summed E-state index contributed by atoms with van der Waals surface area (Å²) in [5.41, 5.74) is 2.99. The van der Waals surface area contributed by atoms with E-state index in [1.807, 2.05) is 54.1 Å². The standard InChI is InChI=1S/C20H23N5O4/c1-12-6-5-7-14(10-12)25-13(2)11-24-16-17(21-19(24)25)22(3)20(28)23(18(16)27)9-8-15(26)29-4/h5-7,10-11,16-17H,8-9H2,1-4H3. The fraction of sp³-hybridized carbons (Fsp3) is 0.400. The van der Waals surface area contributed by atoms with Crippen molar-refractivity contribution in [1.29, 1.82) is 0 Å². The van der Waals surface area contributed by atoms with Gasteiger partial charge in [-0.2, -0.15) is 0 Å². The van der Waals surface area contributed by atoms with E-state index in [1.54, 1.807) is 7.05 Å². The number of fused-ring (bicyclic) bond motifs is 3. The van der Waals surface area contributed by atoms with E-state index in [9.17, 15) is 14.4 Å². The van der Waals surface area contributed by atoms with Crippen molar-refractivity contribution < 1.29 is 19.1 Å². The van der Waals surface area contributed by atoms with Crippen molar-refractivity contribution in [3.63, 3.8) is 0 Å². The molecular weight excluding hydrogens is 374 g/mol. The zero-order valence-corrected chi connectivity index (χ0v) is 16.8. The Morgan fingerprint density at radius 2 is 2.00 bits per heavy atom. The number of nitrogens with zero attached hydrogens (tertiary/aromatic N) is 5. The maximum Gasteiger partial charge on any atom is 0.328 e. The Balaban J connectivity index is 1.65. The Hall–Kier alpha value is -3.36. The number of benzene rings is 1. The number of hydrogen-bond donors (Lipinski definition) is 0. The van der Waals surface area contributed by atoms with Crippen molar-refractivity contribution in [3.8, 4) is 0 Å². The van der Waals surface area contributed by atoms with E-state index in [1.165, 1.54) is 12.0 Å². The second-order valence-electron chi connectivity index (χ2n) is 7.35. The normalized spacial score (nSPS) is 23.2. The topological polar surface area (TPSA) is 85.8 Å². The van der Waals surface area contributed by atoms with Crippen LogP contribution in [0.15, 0.2) is 41.2 Å². The molecule has 0 spiro atoms. The van der Waals surface area contributed by atoms with E-state index in [2.05, 4.69) is 4.74 Å². The first-order valence-corrected chi connectivity index (χ1v) is 9.40. The van der Waals surface area contributed by atoms with Crippen LogP contribution in [0.5, 0.6) is 0 Å². The quantitative estimate of drug-likeness (QED) is 0.716. The molecule has 3 heterocycles. The maximum absolute atomic E-state index is 13.2. The molecular formula is C20H23N5O4. The van der Waals surface area contributed by atoms with Gasteiger partial charge in [0.05, 0.1) is 13.5 Å². The van der Waals surface area contributed by atoms with Crippen LogP contribution in [0.25, 0.3) is 0 Å². The number of likely N-dealkylation sites (N-methyl/N-ethyl adjacent to an activating group) is 1. The SMILES string of the molecule is COC(=O)CCN1C(=O)C2C(N=C3N(c4cccc(C)c4)C(C)=CN32)N(C)C1=O. The predicted octanol–water partition coefficient (Wildman–Crippen LogP) is 1.50. The molecule has 9 nitrogen and oxygen atoms in total. The van der Waals surface area contributed by atoms with E-state index in [0.29, 0.717) is 5.96 Å². The molecule has 2 atom stereocenters. The summed E-state index contributed by atoms with van der Waals surface area (Å²) >= 11 is 0. The first kappa shape index (κ1) is 19.0. The molecule has 0 aliphatic carbocycles. The van der Waals surface area contributed by atoms with Crippen molar-refractivity contribution in [3.05, 3.63) is 41.7 Å². The van der Waals surface area contributed by atoms with Gasteiger partial charge in [0.2, 0.25) is 5.96 Å². The molecule has 0 radical (unpaired) electrons. The van der Waals surface area contributed by atoms with Crippen LogP contribution in [-0.2, 0) is 14.3 Å². The molecule has 1 fully saturated rings. The number of imide groups is 1. The molecule has 0 N–H and O–H groups in total. The van der Waals surface area contributed by atoms with Crippen LogP contribution in [0.1, 0.15) is 18.9 Å². The highest BCUT2D eigenvalue weighted by Crippen LogP contribution is 2.36. The molecule has 3 amide bonds. The summed E-state index contributed by atoms with van der Waals surface area (Å²) in [5.74, 6) is -0.219. The number of carbonyl (C=O) groups excluding carboxylic acids is 3. The largest absolute Gasteiger partial charge is 0.469 e. The highest BCUT2D eigenvalue weighted by molar-refractivity contribution is 6.10. The van der Waals surface area contributed by atoms with Gasteiger partial charge >= 0.3 is 12.0 Å². The van der Waals surface area contributed by atoms with Crippen molar-refractivity contribution in [2.45, 2.75) is 32.5 Å². The lowest BCUT2D eigenvalue weighted by atomic mass is 10.1. The Labute approximate surface area is 168 Å². The molecule has 1 aromatic rings. The summed E-state index contributed by atoms with van der Waals surface area (Å²) < 4.78 is 4.63. The fourth-order valence-electron chi connectivity index (χ4n) is 3.95. The molecule has 0 bridgehead atoms. The van der Waals surface area contributed by atoms with E-state index >= 15 is 0 Å². The summed E-state index contributed by atoms with van der Waals surface area (Å²) in [4.78, 5) is 48.5. The molecule has 0 aromatic heterocycles. The van der Waals surface area contributed by atoms with Gasteiger partial charge in [-0.25, -0.2) is 9.79 Å². The number of carbonyl (C=O) groups is 3. The number of guanidine groups is 1. The summed E-state index contributed by atoms with van der Waals surface area (Å²) in [6, 6.07) is 6.89. The van der Waals surface area contributed by atoms with Crippen LogP contribution >= 0.6 is 0 Å². The Morgan fingerprint density at radius 3 is 2.69 bits per heavy atom. The third kappa shape index (κ3) is 2.93. The number of allylic oxidation sites excluding steroid dienone is 1. The molecule has 3 aliphatic rings. The van der Waals surface area contributed by atoms with E-state index in [-0.39, 0.29) is 18.9 Å². The number of amides is 3. The van der Waals surface area contributed by atoms with Crippen LogP contribution < -0.4 is 4.90 Å². The average Bonchev–Trinajstić information content (AvgIpc) is 3.20. The first-order chi connectivity index (χ1) is 13.8. The van der Waals surface area contributed by atoms with Crippen LogP contribution in [-0.4, -0.2) is 71.5 Å². The lowest BCUT2D eigenvalue weighted by molar-refractivity contribution is -0.142. The molecule has 4 rings (SSSR count). The van der Waals surface area contributed by atoms with E-state index in [0.717, 1.165) is 21.8 Å². The van der Waals surface area contributed by atoms with Gasteiger partial charge in [-0.15, -0.1) is 0 Å². The zero-order chi connectivity index (χ0) is 20.9.